The molecule has 0 aliphatic carbocycles. The fourth-order valence-electron chi connectivity index (χ4n) is 1.54. The van der Waals surface area contributed by atoms with Crippen molar-refractivity contribution in [2.45, 2.75) is 20.8 Å². The van der Waals surface area contributed by atoms with Crippen molar-refractivity contribution in [1.29, 1.82) is 0 Å². The fraction of sp³-hybridized carbons (Fsp3) is 0.235. The van der Waals surface area contributed by atoms with E-state index in [0.29, 0.717) is 22.1 Å². The van der Waals surface area contributed by atoms with E-state index in [9.17, 15) is 4.79 Å². The van der Waals surface area contributed by atoms with Crippen LogP contribution in [0.4, 0.5) is 5.69 Å². The Morgan fingerprint density at radius 1 is 1.23 bits per heavy atom. The minimum Gasteiger partial charge on any atom is -0.322 e. The minimum absolute atomic E-state index is 0.0850. The standard InChI is InChI=1S/C17H16ClN3O/c1-17(2,3)8-6-13-5-4-12(11-20-13)16(22)21-14-7-9-19-15(18)10-14/h4-5,7,9-11H,1-3H3,(H,19,21,22). The maximum Gasteiger partial charge on any atom is 0.257 e. The Balaban J connectivity index is 2.09. The highest BCUT2D eigenvalue weighted by molar-refractivity contribution is 6.29. The van der Waals surface area contributed by atoms with Crippen LogP contribution < -0.4 is 5.32 Å². The molecule has 0 saturated carbocycles. The third kappa shape index (κ3) is 4.87. The number of rotatable bonds is 2. The quantitative estimate of drug-likeness (QED) is 0.678. The summed E-state index contributed by atoms with van der Waals surface area (Å²) in [7, 11) is 0. The summed E-state index contributed by atoms with van der Waals surface area (Å²) in [6.45, 7) is 6.09. The number of hydrogen-bond acceptors (Lipinski definition) is 3. The summed E-state index contributed by atoms with van der Waals surface area (Å²) in [5.74, 6) is 5.83. The molecular weight excluding hydrogens is 298 g/mol. The molecule has 112 valence electrons. The highest BCUT2D eigenvalue weighted by atomic mass is 35.5. The predicted molar refractivity (Wildman–Crippen MR) is 87.8 cm³/mol. The third-order valence-electron chi connectivity index (χ3n) is 2.58. The molecule has 0 bridgehead atoms. The first-order valence-electron chi connectivity index (χ1n) is 6.76. The molecule has 0 aromatic carbocycles. The maximum atomic E-state index is 12.1. The van der Waals surface area contributed by atoms with Crippen LogP contribution in [0, 0.1) is 17.3 Å². The van der Waals surface area contributed by atoms with E-state index in [2.05, 4.69) is 27.1 Å². The van der Waals surface area contributed by atoms with Crippen molar-refractivity contribution in [2.75, 3.05) is 5.32 Å². The fourth-order valence-corrected chi connectivity index (χ4v) is 1.71. The molecule has 22 heavy (non-hydrogen) atoms. The molecule has 0 aliphatic heterocycles. The molecule has 1 amide bonds. The highest BCUT2D eigenvalue weighted by Gasteiger charge is 2.07. The van der Waals surface area contributed by atoms with Crippen LogP contribution in [0.2, 0.25) is 5.15 Å². The molecular formula is C17H16ClN3O. The first kappa shape index (κ1) is 16.0. The Morgan fingerprint density at radius 2 is 2.00 bits per heavy atom. The van der Waals surface area contributed by atoms with E-state index in [1.807, 2.05) is 20.8 Å². The predicted octanol–water partition coefficient (Wildman–Crippen LogP) is 3.78. The average molecular weight is 314 g/mol. The van der Waals surface area contributed by atoms with Gasteiger partial charge in [-0.2, -0.15) is 0 Å². The number of halogens is 1. The van der Waals surface area contributed by atoms with Crippen molar-refractivity contribution in [2.24, 2.45) is 5.41 Å². The summed E-state index contributed by atoms with van der Waals surface area (Å²) in [6.07, 6.45) is 3.03. The maximum absolute atomic E-state index is 12.1. The van der Waals surface area contributed by atoms with E-state index in [0.717, 1.165) is 0 Å². The first-order valence-corrected chi connectivity index (χ1v) is 7.13. The molecule has 1 N–H and O–H groups in total. The van der Waals surface area contributed by atoms with Gasteiger partial charge in [0, 0.05) is 23.5 Å². The van der Waals surface area contributed by atoms with Gasteiger partial charge < -0.3 is 5.32 Å². The molecule has 0 radical (unpaired) electrons. The number of carbonyl (C=O) groups is 1. The summed E-state index contributed by atoms with van der Waals surface area (Å²) >= 11 is 5.78. The van der Waals surface area contributed by atoms with E-state index in [1.165, 1.54) is 12.4 Å². The zero-order chi connectivity index (χ0) is 16.2. The number of nitrogens with zero attached hydrogens (tertiary/aromatic N) is 2. The molecule has 0 atom stereocenters. The monoisotopic (exact) mass is 313 g/mol. The Bertz CT molecular complexity index is 737. The smallest absolute Gasteiger partial charge is 0.257 e. The van der Waals surface area contributed by atoms with Crippen molar-refractivity contribution in [3.8, 4) is 11.8 Å². The molecule has 2 rings (SSSR count). The molecule has 2 heterocycles. The van der Waals surface area contributed by atoms with Crippen LogP contribution in [0.25, 0.3) is 0 Å². The van der Waals surface area contributed by atoms with Crippen LogP contribution in [-0.4, -0.2) is 15.9 Å². The molecule has 2 aromatic rings. The lowest BCUT2D eigenvalue weighted by Gasteiger charge is -2.07. The summed E-state index contributed by atoms with van der Waals surface area (Å²) in [5.41, 5.74) is 1.59. The van der Waals surface area contributed by atoms with Crippen LogP contribution in [-0.2, 0) is 0 Å². The molecule has 0 unspecified atom stereocenters. The minimum atomic E-state index is -0.259. The molecule has 2 aromatic heterocycles. The SMILES string of the molecule is CC(C)(C)C#Cc1ccc(C(=O)Nc2ccnc(Cl)c2)cn1. The number of amides is 1. The first-order chi connectivity index (χ1) is 10.3. The van der Waals surface area contributed by atoms with Crippen LogP contribution in [0.5, 0.6) is 0 Å². The van der Waals surface area contributed by atoms with Gasteiger partial charge in [-0.15, -0.1) is 0 Å². The van der Waals surface area contributed by atoms with E-state index < -0.39 is 0 Å². The van der Waals surface area contributed by atoms with Gasteiger partial charge in [0.15, 0.2) is 0 Å². The van der Waals surface area contributed by atoms with Gasteiger partial charge in [0.2, 0.25) is 0 Å². The molecule has 0 saturated heterocycles. The van der Waals surface area contributed by atoms with Gasteiger partial charge in [-0.25, -0.2) is 9.97 Å². The highest BCUT2D eigenvalue weighted by Crippen LogP contribution is 2.13. The van der Waals surface area contributed by atoms with Crippen molar-refractivity contribution in [3.05, 3.63) is 53.1 Å². The third-order valence-corrected chi connectivity index (χ3v) is 2.78. The van der Waals surface area contributed by atoms with Crippen molar-refractivity contribution < 1.29 is 4.79 Å². The summed E-state index contributed by atoms with van der Waals surface area (Å²) in [4.78, 5) is 20.2. The number of pyridine rings is 2. The second-order valence-electron chi connectivity index (χ2n) is 5.75. The van der Waals surface area contributed by atoms with Crippen LogP contribution in [0.3, 0.4) is 0 Å². The van der Waals surface area contributed by atoms with Gasteiger partial charge in [0.1, 0.15) is 10.8 Å². The second-order valence-corrected chi connectivity index (χ2v) is 6.14. The van der Waals surface area contributed by atoms with Crippen molar-refractivity contribution >= 4 is 23.2 Å². The van der Waals surface area contributed by atoms with Crippen LogP contribution in [0.15, 0.2) is 36.7 Å². The van der Waals surface area contributed by atoms with Crippen LogP contribution in [0.1, 0.15) is 36.8 Å². The van der Waals surface area contributed by atoms with Crippen molar-refractivity contribution in [1.82, 2.24) is 9.97 Å². The lowest BCUT2D eigenvalue weighted by molar-refractivity contribution is 0.102. The lowest BCUT2D eigenvalue weighted by atomic mass is 9.98. The Kier molecular flexibility index (Phi) is 4.79. The molecule has 0 fully saturated rings. The van der Waals surface area contributed by atoms with Gasteiger partial charge in [-0.3, -0.25) is 4.79 Å². The number of nitrogens with one attached hydrogen (secondary N) is 1. The van der Waals surface area contributed by atoms with E-state index >= 15 is 0 Å². The van der Waals surface area contributed by atoms with E-state index in [1.54, 1.807) is 24.3 Å². The van der Waals surface area contributed by atoms with E-state index in [-0.39, 0.29) is 11.3 Å². The largest absolute Gasteiger partial charge is 0.322 e. The van der Waals surface area contributed by atoms with Gasteiger partial charge in [-0.05, 0) is 51.0 Å². The van der Waals surface area contributed by atoms with E-state index in [4.69, 9.17) is 11.6 Å². The number of aromatic nitrogens is 2. The summed E-state index contributed by atoms with van der Waals surface area (Å²) in [6, 6.07) is 6.67. The van der Waals surface area contributed by atoms with Crippen LogP contribution >= 0.6 is 11.6 Å². The lowest BCUT2D eigenvalue weighted by Crippen LogP contribution is -2.12. The summed E-state index contributed by atoms with van der Waals surface area (Å²) in [5, 5.41) is 3.06. The van der Waals surface area contributed by atoms with Crippen molar-refractivity contribution in [3.63, 3.8) is 0 Å². The molecule has 5 heteroatoms. The zero-order valence-electron chi connectivity index (χ0n) is 12.6. The average Bonchev–Trinajstić information content (AvgIpc) is 2.45. The molecule has 0 aliphatic rings. The second kappa shape index (κ2) is 6.59. The van der Waals surface area contributed by atoms with Gasteiger partial charge in [0.25, 0.3) is 5.91 Å². The van der Waals surface area contributed by atoms with Gasteiger partial charge in [0.05, 0.1) is 5.56 Å². The zero-order valence-corrected chi connectivity index (χ0v) is 13.4. The number of anilines is 1. The Hall–Kier alpha value is -2.38. The Labute approximate surface area is 134 Å². The number of hydrogen-bond donors (Lipinski definition) is 1. The van der Waals surface area contributed by atoms with Gasteiger partial charge >= 0.3 is 0 Å². The normalized spacial score (nSPS) is 10.5. The summed E-state index contributed by atoms with van der Waals surface area (Å²) < 4.78 is 0. The molecule has 4 nitrogen and oxygen atoms in total. The Morgan fingerprint density at radius 3 is 2.59 bits per heavy atom. The molecule has 0 spiro atoms. The topological polar surface area (TPSA) is 54.9 Å². The number of carbonyl (C=O) groups excluding carboxylic acids is 1. The van der Waals surface area contributed by atoms with Gasteiger partial charge in [-0.1, -0.05) is 17.5 Å².